The molecule has 0 bridgehead atoms. The topological polar surface area (TPSA) is 35.2 Å². The minimum atomic E-state index is 0.0164. The van der Waals surface area contributed by atoms with Gasteiger partial charge in [0.15, 0.2) is 0 Å². The average molecular weight is 187 g/mol. The first-order chi connectivity index (χ1) is 5.93. The number of hydrogen-bond donors (Lipinski definition) is 1. The molecular weight excluding hydrogens is 162 g/mol. The van der Waals surface area contributed by atoms with Crippen LogP contribution in [0, 0.1) is 11.8 Å². The second kappa shape index (κ2) is 5.61. The van der Waals surface area contributed by atoms with Crippen LogP contribution in [0.15, 0.2) is 0 Å². The molecule has 2 unspecified atom stereocenters. The number of rotatable bonds is 6. The molecule has 0 rings (SSSR count). The van der Waals surface area contributed by atoms with Gasteiger partial charge in [-0.2, -0.15) is 0 Å². The Bertz CT molecular complexity index is 134. The Kier molecular flexibility index (Phi) is 5.57. The summed E-state index contributed by atoms with van der Waals surface area (Å²) in [5.41, 5.74) is 5.63. The smallest absolute Gasteiger partial charge is 0.0622 e. The van der Waals surface area contributed by atoms with Crippen molar-refractivity contribution in [2.24, 2.45) is 17.6 Å². The predicted octanol–water partition coefficient (Wildman–Crippen LogP) is 2.42. The summed E-state index contributed by atoms with van der Waals surface area (Å²) < 4.78 is 5.37. The SMILES string of the molecule is COC(C)(C)CCC(C)C(C)CN. The molecule has 0 aromatic carbocycles. The van der Waals surface area contributed by atoms with E-state index in [-0.39, 0.29) is 5.60 Å². The lowest BCUT2D eigenvalue weighted by Gasteiger charge is -2.26. The molecule has 0 fully saturated rings. The van der Waals surface area contributed by atoms with Gasteiger partial charge < -0.3 is 10.5 Å². The molecule has 0 saturated carbocycles. The van der Waals surface area contributed by atoms with E-state index in [0.717, 1.165) is 13.0 Å². The van der Waals surface area contributed by atoms with Gasteiger partial charge in [0.05, 0.1) is 5.60 Å². The van der Waals surface area contributed by atoms with Crippen LogP contribution in [0.2, 0.25) is 0 Å². The zero-order chi connectivity index (χ0) is 10.5. The van der Waals surface area contributed by atoms with Gasteiger partial charge in [-0.25, -0.2) is 0 Å². The Morgan fingerprint density at radius 2 is 1.77 bits per heavy atom. The lowest BCUT2D eigenvalue weighted by molar-refractivity contribution is 0.00933. The average Bonchev–Trinajstić information content (AvgIpc) is 2.13. The normalized spacial score (nSPS) is 17.1. The van der Waals surface area contributed by atoms with Gasteiger partial charge in [0.2, 0.25) is 0 Å². The van der Waals surface area contributed by atoms with E-state index >= 15 is 0 Å². The van der Waals surface area contributed by atoms with Crippen molar-refractivity contribution in [2.75, 3.05) is 13.7 Å². The highest BCUT2D eigenvalue weighted by atomic mass is 16.5. The second-order valence-corrected chi connectivity index (χ2v) is 4.69. The van der Waals surface area contributed by atoms with E-state index in [1.54, 1.807) is 7.11 Å². The van der Waals surface area contributed by atoms with Crippen molar-refractivity contribution in [2.45, 2.75) is 46.1 Å². The molecule has 13 heavy (non-hydrogen) atoms. The molecule has 2 atom stereocenters. The number of ether oxygens (including phenoxy) is 1. The molecule has 0 amide bonds. The van der Waals surface area contributed by atoms with E-state index in [9.17, 15) is 0 Å². The van der Waals surface area contributed by atoms with Crippen molar-refractivity contribution in [3.63, 3.8) is 0 Å². The van der Waals surface area contributed by atoms with Crippen molar-refractivity contribution in [1.82, 2.24) is 0 Å². The van der Waals surface area contributed by atoms with Crippen molar-refractivity contribution in [3.05, 3.63) is 0 Å². The summed E-state index contributed by atoms with van der Waals surface area (Å²) in [6, 6.07) is 0. The van der Waals surface area contributed by atoms with Crippen molar-refractivity contribution < 1.29 is 4.74 Å². The fourth-order valence-corrected chi connectivity index (χ4v) is 1.19. The lowest BCUT2D eigenvalue weighted by atomic mass is 9.88. The van der Waals surface area contributed by atoms with E-state index in [1.807, 2.05) is 0 Å². The third-order valence-corrected chi connectivity index (χ3v) is 3.10. The third kappa shape index (κ3) is 5.27. The van der Waals surface area contributed by atoms with E-state index in [4.69, 9.17) is 10.5 Å². The molecule has 0 aliphatic heterocycles. The molecule has 2 N–H and O–H groups in total. The molecule has 80 valence electrons. The summed E-state index contributed by atoms with van der Waals surface area (Å²) >= 11 is 0. The van der Waals surface area contributed by atoms with Crippen LogP contribution in [-0.2, 0) is 4.74 Å². The molecule has 0 aromatic heterocycles. The maximum Gasteiger partial charge on any atom is 0.0622 e. The van der Waals surface area contributed by atoms with E-state index < -0.39 is 0 Å². The van der Waals surface area contributed by atoms with Gasteiger partial charge >= 0.3 is 0 Å². The van der Waals surface area contributed by atoms with E-state index in [0.29, 0.717) is 11.8 Å². The highest BCUT2D eigenvalue weighted by Crippen LogP contribution is 2.22. The maximum absolute atomic E-state index is 5.61. The first-order valence-corrected chi connectivity index (χ1v) is 5.18. The van der Waals surface area contributed by atoms with Gasteiger partial charge in [0, 0.05) is 7.11 Å². The van der Waals surface area contributed by atoms with Crippen LogP contribution in [0.25, 0.3) is 0 Å². The first-order valence-electron chi connectivity index (χ1n) is 5.18. The van der Waals surface area contributed by atoms with Crippen LogP contribution in [0.1, 0.15) is 40.5 Å². The Morgan fingerprint density at radius 1 is 1.23 bits per heavy atom. The van der Waals surface area contributed by atoms with Crippen LogP contribution in [0.3, 0.4) is 0 Å². The van der Waals surface area contributed by atoms with Crippen LogP contribution in [0.5, 0.6) is 0 Å². The highest BCUT2D eigenvalue weighted by molar-refractivity contribution is 4.71. The quantitative estimate of drug-likeness (QED) is 0.693. The fraction of sp³-hybridized carbons (Fsp3) is 1.00. The number of methoxy groups -OCH3 is 1. The van der Waals surface area contributed by atoms with E-state index in [2.05, 4.69) is 27.7 Å². The van der Waals surface area contributed by atoms with Crippen molar-refractivity contribution in [3.8, 4) is 0 Å². The van der Waals surface area contributed by atoms with Gasteiger partial charge in [-0.05, 0) is 45.1 Å². The minimum Gasteiger partial charge on any atom is -0.379 e. The third-order valence-electron chi connectivity index (χ3n) is 3.10. The number of hydrogen-bond acceptors (Lipinski definition) is 2. The highest BCUT2D eigenvalue weighted by Gasteiger charge is 2.19. The Labute approximate surface area is 82.8 Å². The zero-order valence-corrected chi connectivity index (χ0v) is 9.76. The largest absolute Gasteiger partial charge is 0.379 e. The Hall–Kier alpha value is -0.0800. The molecule has 0 heterocycles. The maximum atomic E-state index is 5.61. The molecule has 0 aliphatic rings. The van der Waals surface area contributed by atoms with Crippen molar-refractivity contribution >= 4 is 0 Å². The monoisotopic (exact) mass is 187 g/mol. The van der Waals surface area contributed by atoms with E-state index in [1.165, 1.54) is 6.42 Å². The molecule has 0 saturated heterocycles. The molecular formula is C11H25NO. The summed E-state index contributed by atoms with van der Waals surface area (Å²) in [5.74, 6) is 1.31. The van der Waals surface area contributed by atoms with Crippen molar-refractivity contribution in [1.29, 1.82) is 0 Å². The predicted molar refractivity (Wildman–Crippen MR) is 57.7 cm³/mol. The standard InChI is InChI=1S/C11H25NO/c1-9(10(2)8-12)6-7-11(3,4)13-5/h9-10H,6-8,12H2,1-5H3. The summed E-state index contributed by atoms with van der Waals surface area (Å²) in [6.45, 7) is 9.53. The second-order valence-electron chi connectivity index (χ2n) is 4.69. The first kappa shape index (κ1) is 12.9. The molecule has 2 heteroatoms. The fourth-order valence-electron chi connectivity index (χ4n) is 1.19. The summed E-state index contributed by atoms with van der Waals surface area (Å²) in [5, 5.41) is 0. The summed E-state index contributed by atoms with van der Waals surface area (Å²) in [4.78, 5) is 0. The van der Waals surface area contributed by atoms with Crippen LogP contribution in [-0.4, -0.2) is 19.3 Å². The Balaban J connectivity index is 3.75. The zero-order valence-electron chi connectivity index (χ0n) is 9.76. The van der Waals surface area contributed by atoms with Crippen LogP contribution >= 0.6 is 0 Å². The van der Waals surface area contributed by atoms with Gasteiger partial charge in [-0.3, -0.25) is 0 Å². The minimum absolute atomic E-state index is 0.0164. The molecule has 0 aliphatic carbocycles. The Morgan fingerprint density at radius 3 is 2.15 bits per heavy atom. The summed E-state index contributed by atoms with van der Waals surface area (Å²) in [6.07, 6.45) is 2.30. The molecule has 2 nitrogen and oxygen atoms in total. The lowest BCUT2D eigenvalue weighted by Crippen LogP contribution is -2.25. The number of nitrogens with two attached hydrogens (primary N) is 1. The molecule has 0 radical (unpaired) electrons. The molecule has 0 spiro atoms. The van der Waals surface area contributed by atoms with Gasteiger partial charge in [-0.1, -0.05) is 13.8 Å². The van der Waals surface area contributed by atoms with Gasteiger partial charge in [0.25, 0.3) is 0 Å². The van der Waals surface area contributed by atoms with Crippen LogP contribution < -0.4 is 5.73 Å². The summed E-state index contributed by atoms with van der Waals surface area (Å²) in [7, 11) is 1.77. The van der Waals surface area contributed by atoms with Gasteiger partial charge in [-0.15, -0.1) is 0 Å². The molecule has 0 aromatic rings. The van der Waals surface area contributed by atoms with Crippen LogP contribution in [0.4, 0.5) is 0 Å². The van der Waals surface area contributed by atoms with Gasteiger partial charge in [0.1, 0.15) is 0 Å².